The molecule has 3 fully saturated rings. The number of carbonyl (C=O) groups excluding carboxylic acids is 1. The SMILES string of the molecule is Cc1nccc(/C=C/C(=O)N2CCN(c3nc(OCC45CCCN4CCC5)nc4c3CCN(c3cccc5ccc(F)c(Cl)c35)C4)C[C@@H]2CC#N)n1. The zero-order valence-corrected chi connectivity index (χ0v) is 30.0. The van der Waals surface area contributed by atoms with Gasteiger partial charge in [-0.3, -0.25) is 9.69 Å². The lowest BCUT2D eigenvalue weighted by atomic mass is 9.95. The van der Waals surface area contributed by atoms with Gasteiger partial charge < -0.3 is 19.4 Å². The zero-order chi connectivity index (χ0) is 35.8. The fourth-order valence-electron chi connectivity index (χ4n) is 8.57. The topological polar surface area (TPSA) is 115 Å². The number of halogens is 2. The van der Waals surface area contributed by atoms with Gasteiger partial charge in [-0.15, -0.1) is 0 Å². The summed E-state index contributed by atoms with van der Waals surface area (Å²) < 4.78 is 21.2. The van der Waals surface area contributed by atoms with Crippen LogP contribution in [-0.4, -0.2) is 93.1 Å². The highest BCUT2D eigenvalue weighted by Gasteiger charge is 2.45. The van der Waals surface area contributed by atoms with Gasteiger partial charge in [-0.05, 0) is 81.8 Å². The minimum absolute atomic E-state index is 0.0249. The first-order valence-corrected chi connectivity index (χ1v) is 18.5. The monoisotopic (exact) mass is 721 g/mol. The number of nitrogens with zero attached hydrogens (tertiary/aromatic N) is 9. The molecule has 1 amide bonds. The minimum Gasteiger partial charge on any atom is -0.461 e. The highest BCUT2D eigenvalue weighted by atomic mass is 35.5. The highest BCUT2D eigenvalue weighted by Crippen LogP contribution is 2.41. The largest absolute Gasteiger partial charge is 0.461 e. The highest BCUT2D eigenvalue weighted by molar-refractivity contribution is 6.36. The van der Waals surface area contributed by atoms with Gasteiger partial charge in [0.2, 0.25) is 5.91 Å². The van der Waals surface area contributed by atoms with Gasteiger partial charge in [0.15, 0.2) is 0 Å². The van der Waals surface area contributed by atoms with Gasteiger partial charge >= 0.3 is 6.01 Å². The normalized spacial score (nSPS) is 20.0. The molecule has 6 heterocycles. The standard InChI is InChI=1S/C39H41ClFN9O2/c1-26-43-17-12-28(44-26)8-10-34(51)50-22-21-48(23-29(50)11-16-42)37-30-13-20-47(33-6-2-5-27-7-9-31(41)36(40)35(27)33)24-32(30)45-38(46-37)52-25-39-14-3-18-49(39)19-4-15-39/h2,5-10,12,17,29H,3-4,11,13-15,18-25H2,1H3/b10-8+/t29-/m0/s1. The van der Waals surface area contributed by atoms with Gasteiger partial charge in [-0.25, -0.2) is 14.4 Å². The van der Waals surface area contributed by atoms with Crippen LogP contribution in [0.5, 0.6) is 6.01 Å². The Bertz CT molecular complexity index is 2080. The van der Waals surface area contributed by atoms with E-state index in [4.69, 9.17) is 26.3 Å². The number of nitriles is 1. The molecule has 268 valence electrons. The predicted octanol–water partition coefficient (Wildman–Crippen LogP) is 5.73. The lowest BCUT2D eigenvalue weighted by molar-refractivity contribution is -0.128. The van der Waals surface area contributed by atoms with Crippen LogP contribution in [0, 0.1) is 24.1 Å². The fraction of sp³-hybridized carbons (Fsp3) is 0.436. The Kier molecular flexibility index (Phi) is 9.40. The molecule has 0 radical (unpaired) electrons. The number of piperazine rings is 1. The number of amides is 1. The second-order valence-corrected chi connectivity index (χ2v) is 14.6. The lowest BCUT2D eigenvalue weighted by Gasteiger charge is -2.42. The number of aromatic nitrogens is 4. The molecule has 4 aromatic rings. The zero-order valence-electron chi connectivity index (χ0n) is 29.3. The van der Waals surface area contributed by atoms with E-state index in [2.05, 4.69) is 30.7 Å². The number of benzene rings is 2. The first-order chi connectivity index (χ1) is 25.3. The number of ether oxygens (including phenoxy) is 1. The van der Waals surface area contributed by atoms with Crippen molar-refractivity contribution in [2.75, 3.05) is 55.7 Å². The van der Waals surface area contributed by atoms with Gasteiger partial charge in [0.1, 0.15) is 24.1 Å². The predicted molar refractivity (Wildman–Crippen MR) is 198 cm³/mol. The second kappa shape index (κ2) is 14.3. The maximum absolute atomic E-state index is 14.7. The lowest BCUT2D eigenvalue weighted by Crippen LogP contribution is -2.55. The summed E-state index contributed by atoms with van der Waals surface area (Å²) in [5, 5.41) is 11.5. The molecule has 0 saturated carbocycles. The molecule has 0 bridgehead atoms. The first kappa shape index (κ1) is 34.2. The number of aryl methyl sites for hydroxylation is 1. The minimum atomic E-state index is -0.448. The number of carbonyl (C=O) groups is 1. The molecular formula is C39H41ClFN9O2. The summed E-state index contributed by atoms with van der Waals surface area (Å²) in [6.45, 7) is 7.07. The van der Waals surface area contributed by atoms with Crippen LogP contribution >= 0.6 is 11.6 Å². The number of hydrogen-bond acceptors (Lipinski definition) is 10. The van der Waals surface area contributed by atoms with Crippen LogP contribution in [0.15, 0.2) is 48.7 Å². The Balaban J connectivity index is 1.10. The van der Waals surface area contributed by atoms with Crippen molar-refractivity contribution in [1.82, 2.24) is 29.7 Å². The van der Waals surface area contributed by atoms with Gasteiger partial charge in [-0.2, -0.15) is 15.2 Å². The van der Waals surface area contributed by atoms with Crippen LogP contribution in [0.1, 0.15) is 54.9 Å². The van der Waals surface area contributed by atoms with Crippen molar-refractivity contribution < 1.29 is 13.9 Å². The Morgan fingerprint density at radius 2 is 1.92 bits per heavy atom. The smallest absolute Gasteiger partial charge is 0.318 e. The number of anilines is 2. The third kappa shape index (κ3) is 6.52. The van der Waals surface area contributed by atoms with Crippen LogP contribution in [0.3, 0.4) is 0 Å². The summed E-state index contributed by atoms with van der Waals surface area (Å²) in [6, 6.07) is 13.1. The quantitative estimate of drug-likeness (QED) is 0.209. The van der Waals surface area contributed by atoms with E-state index in [1.165, 1.54) is 25.0 Å². The van der Waals surface area contributed by atoms with E-state index in [-0.39, 0.29) is 28.9 Å². The van der Waals surface area contributed by atoms with E-state index in [0.29, 0.717) is 68.7 Å². The molecule has 0 unspecified atom stereocenters. The van der Waals surface area contributed by atoms with Crippen molar-refractivity contribution in [2.45, 2.75) is 63.6 Å². The van der Waals surface area contributed by atoms with Crippen LogP contribution in [0.2, 0.25) is 5.02 Å². The van der Waals surface area contributed by atoms with Gasteiger partial charge in [0, 0.05) is 55.1 Å². The van der Waals surface area contributed by atoms with E-state index in [9.17, 15) is 14.4 Å². The molecule has 8 rings (SSSR count). The molecular weight excluding hydrogens is 681 g/mol. The number of rotatable bonds is 8. The summed E-state index contributed by atoms with van der Waals surface area (Å²) in [6.07, 6.45) is 10.3. The number of fused-ring (bicyclic) bond motifs is 3. The molecule has 2 aromatic carbocycles. The average Bonchev–Trinajstić information content (AvgIpc) is 3.75. The van der Waals surface area contributed by atoms with Crippen LogP contribution < -0.4 is 14.5 Å². The average molecular weight is 722 g/mol. The Morgan fingerprint density at radius 1 is 1.08 bits per heavy atom. The van der Waals surface area contributed by atoms with Gasteiger partial charge in [-0.1, -0.05) is 29.8 Å². The van der Waals surface area contributed by atoms with E-state index in [0.717, 1.165) is 54.1 Å². The van der Waals surface area contributed by atoms with E-state index in [1.54, 1.807) is 36.2 Å². The maximum Gasteiger partial charge on any atom is 0.318 e. The summed E-state index contributed by atoms with van der Waals surface area (Å²) in [5.74, 6) is 0.804. The third-order valence-corrected chi connectivity index (χ3v) is 11.5. The van der Waals surface area contributed by atoms with Crippen molar-refractivity contribution in [3.05, 3.63) is 82.3 Å². The molecule has 13 heteroatoms. The van der Waals surface area contributed by atoms with E-state index < -0.39 is 5.82 Å². The number of hydrogen-bond donors (Lipinski definition) is 0. The molecule has 4 aliphatic heterocycles. The second-order valence-electron chi connectivity index (χ2n) is 14.2. The van der Waals surface area contributed by atoms with E-state index in [1.807, 2.05) is 18.2 Å². The fourth-order valence-corrected chi connectivity index (χ4v) is 8.84. The van der Waals surface area contributed by atoms with Crippen LogP contribution in [-0.2, 0) is 17.8 Å². The molecule has 0 aliphatic carbocycles. The van der Waals surface area contributed by atoms with Crippen molar-refractivity contribution in [3.63, 3.8) is 0 Å². The van der Waals surface area contributed by atoms with Gasteiger partial charge in [0.25, 0.3) is 0 Å². The first-order valence-electron chi connectivity index (χ1n) is 18.1. The Labute approximate surface area is 307 Å². The summed E-state index contributed by atoms with van der Waals surface area (Å²) in [4.78, 5) is 40.8. The molecule has 11 nitrogen and oxygen atoms in total. The molecule has 0 N–H and O–H groups in total. The Hall–Kier alpha value is -4.86. The maximum atomic E-state index is 14.7. The summed E-state index contributed by atoms with van der Waals surface area (Å²) in [7, 11) is 0. The Morgan fingerprint density at radius 3 is 2.73 bits per heavy atom. The van der Waals surface area contributed by atoms with Crippen molar-refractivity contribution in [2.24, 2.45) is 0 Å². The third-order valence-electron chi connectivity index (χ3n) is 11.1. The molecule has 3 saturated heterocycles. The molecule has 4 aliphatic rings. The molecule has 52 heavy (non-hydrogen) atoms. The molecule has 0 spiro atoms. The van der Waals surface area contributed by atoms with Crippen molar-refractivity contribution in [3.8, 4) is 12.1 Å². The molecule has 2 aromatic heterocycles. The van der Waals surface area contributed by atoms with Gasteiger partial charge in [0.05, 0.1) is 47.0 Å². The summed E-state index contributed by atoms with van der Waals surface area (Å²) in [5.41, 5.74) is 3.41. The van der Waals surface area contributed by atoms with Crippen LogP contribution in [0.4, 0.5) is 15.9 Å². The van der Waals surface area contributed by atoms with Crippen molar-refractivity contribution >= 4 is 45.9 Å². The molecule has 1 atom stereocenters. The summed E-state index contributed by atoms with van der Waals surface area (Å²) >= 11 is 6.56. The van der Waals surface area contributed by atoms with Crippen molar-refractivity contribution in [1.29, 1.82) is 5.26 Å². The van der Waals surface area contributed by atoms with Crippen LogP contribution in [0.25, 0.3) is 16.8 Å². The van der Waals surface area contributed by atoms with E-state index >= 15 is 0 Å².